The van der Waals surface area contributed by atoms with Gasteiger partial charge in [-0.2, -0.15) is 5.26 Å². The highest BCUT2D eigenvalue weighted by Gasteiger charge is 2.05. The van der Waals surface area contributed by atoms with Crippen LogP contribution in [0.1, 0.15) is 37.8 Å². The van der Waals surface area contributed by atoms with Gasteiger partial charge in [-0.15, -0.1) is 0 Å². The number of hydrogen-bond acceptors (Lipinski definition) is 3. The highest BCUT2D eigenvalue weighted by atomic mass is 19.1. The third kappa shape index (κ3) is 5.62. The Labute approximate surface area is 125 Å². The summed E-state index contributed by atoms with van der Waals surface area (Å²) in [5, 5.41) is 8.70. The lowest BCUT2D eigenvalue weighted by Gasteiger charge is -2.08. The van der Waals surface area contributed by atoms with Gasteiger partial charge in [0.2, 0.25) is 5.88 Å². The SMILES string of the molecule is C=C/C=C(\N=C(\C)CCC)OCc1ccc(C#N)cc1F. The van der Waals surface area contributed by atoms with Gasteiger partial charge >= 0.3 is 0 Å². The predicted octanol–water partition coefficient (Wildman–Crippen LogP) is 4.50. The first-order chi connectivity index (χ1) is 10.1. The molecule has 0 aliphatic carbocycles. The van der Waals surface area contributed by atoms with E-state index in [1.807, 2.05) is 13.0 Å². The van der Waals surface area contributed by atoms with E-state index < -0.39 is 5.82 Å². The average molecular weight is 286 g/mol. The Morgan fingerprint density at radius 3 is 2.86 bits per heavy atom. The summed E-state index contributed by atoms with van der Waals surface area (Å²) in [6, 6.07) is 6.19. The number of allylic oxidation sites excluding steroid dienone is 2. The second-order valence-corrected chi connectivity index (χ2v) is 4.54. The van der Waals surface area contributed by atoms with Crippen LogP contribution in [0.3, 0.4) is 0 Å². The van der Waals surface area contributed by atoms with Crippen LogP contribution in [0.4, 0.5) is 4.39 Å². The van der Waals surface area contributed by atoms with Gasteiger partial charge in [0.1, 0.15) is 12.4 Å². The standard InChI is InChI=1S/C17H19FN2O/c1-4-6-13(3)20-17(7-5-2)21-12-15-9-8-14(11-19)10-16(15)18/h5,7-10H,2,4,6,12H2,1,3H3/b17-7+,20-13-. The van der Waals surface area contributed by atoms with E-state index in [9.17, 15) is 4.39 Å². The number of hydrogen-bond donors (Lipinski definition) is 0. The second kappa shape index (κ2) is 8.70. The zero-order valence-corrected chi connectivity index (χ0v) is 12.4. The van der Waals surface area contributed by atoms with Crippen molar-refractivity contribution in [3.05, 3.63) is 59.8 Å². The number of nitrogens with zero attached hydrogens (tertiary/aromatic N) is 2. The van der Waals surface area contributed by atoms with Crippen LogP contribution in [0, 0.1) is 17.1 Å². The minimum Gasteiger partial charge on any atom is -0.473 e. The predicted molar refractivity (Wildman–Crippen MR) is 82.2 cm³/mol. The molecule has 0 aromatic heterocycles. The lowest BCUT2D eigenvalue weighted by Crippen LogP contribution is -1.98. The molecule has 1 rings (SSSR count). The molecular formula is C17H19FN2O. The van der Waals surface area contributed by atoms with Gasteiger partial charge in [0, 0.05) is 11.3 Å². The molecule has 110 valence electrons. The molecule has 0 amide bonds. The fourth-order valence-corrected chi connectivity index (χ4v) is 1.71. The Balaban J connectivity index is 2.79. The largest absolute Gasteiger partial charge is 0.473 e. The number of halogens is 1. The molecule has 0 aliphatic rings. The first-order valence-corrected chi connectivity index (χ1v) is 6.79. The molecule has 0 radical (unpaired) electrons. The van der Waals surface area contributed by atoms with Crippen molar-refractivity contribution < 1.29 is 9.13 Å². The molecule has 0 N–H and O–H groups in total. The molecule has 1 aromatic rings. The molecule has 0 unspecified atom stereocenters. The van der Waals surface area contributed by atoms with E-state index in [-0.39, 0.29) is 12.2 Å². The lowest BCUT2D eigenvalue weighted by atomic mass is 10.1. The maximum absolute atomic E-state index is 13.8. The van der Waals surface area contributed by atoms with Crippen molar-refractivity contribution in [2.24, 2.45) is 4.99 Å². The first-order valence-electron chi connectivity index (χ1n) is 6.79. The summed E-state index contributed by atoms with van der Waals surface area (Å²) in [6.07, 6.45) is 5.10. The van der Waals surface area contributed by atoms with Gasteiger partial charge < -0.3 is 4.74 Å². The van der Waals surface area contributed by atoms with E-state index in [2.05, 4.69) is 18.5 Å². The molecule has 0 bridgehead atoms. The van der Waals surface area contributed by atoms with Crippen molar-refractivity contribution in [2.45, 2.75) is 33.3 Å². The molecule has 0 spiro atoms. The van der Waals surface area contributed by atoms with E-state index in [0.29, 0.717) is 11.4 Å². The maximum Gasteiger partial charge on any atom is 0.213 e. The fraction of sp³-hybridized carbons (Fsp3) is 0.294. The van der Waals surface area contributed by atoms with Crippen LogP contribution in [-0.4, -0.2) is 5.71 Å². The Hall–Kier alpha value is -2.41. The van der Waals surface area contributed by atoms with Gasteiger partial charge in [0.25, 0.3) is 0 Å². The monoisotopic (exact) mass is 286 g/mol. The quantitative estimate of drug-likeness (QED) is 0.421. The van der Waals surface area contributed by atoms with Crippen molar-refractivity contribution in [3.8, 4) is 6.07 Å². The van der Waals surface area contributed by atoms with Crippen molar-refractivity contribution >= 4 is 5.71 Å². The number of benzene rings is 1. The van der Waals surface area contributed by atoms with Crippen LogP contribution in [0.5, 0.6) is 0 Å². The minimum atomic E-state index is -0.457. The zero-order chi connectivity index (χ0) is 15.7. The molecule has 3 nitrogen and oxygen atoms in total. The summed E-state index contributed by atoms with van der Waals surface area (Å²) in [6.45, 7) is 7.66. The Morgan fingerprint density at radius 1 is 1.52 bits per heavy atom. The normalized spacial score (nSPS) is 11.9. The molecule has 0 atom stereocenters. The average Bonchev–Trinajstić information content (AvgIpc) is 2.46. The summed E-state index contributed by atoms with van der Waals surface area (Å²) < 4.78 is 19.3. The summed E-state index contributed by atoms with van der Waals surface area (Å²) in [5.41, 5.74) is 1.62. The van der Waals surface area contributed by atoms with E-state index in [0.717, 1.165) is 18.6 Å². The molecule has 0 saturated heterocycles. The van der Waals surface area contributed by atoms with E-state index in [4.69, 9.17) is 10.00 Å². The fourth-order valence-electron chi connectivity index (χ4n) is 1.71. The van der Waals surface area contributed by atoms with Crippen LogP contribution >= 0.6 is 0 Å². The Bertz CT molecular complexity index is 597. The molecule has 0 aliphatic heterocycles. The number of nitriles is 1. The molecule has 21 heavy (non-hydrogen) atoms. The van der Waals surface area contributed by atoms with Gasteiger partial charge in [-0.05, 0) is 31.6 Å². The molecule has 0 saturated carbocycles. The lowest BCUT2D eigenvalue weighted by molar-refractivity contribution is 0.193. The molecular weight excluding hydrogens is 267 g/mol. The van der Waals surface area contributed by atoms with Crippen molar-refractivity contribution in [2.75, 3.05) is 0 Å². The highest BCUT2D eigenvalue weighted by molar-refractivity contribution is 5.82. The van der Waals surface area contributed by atoms with Gasteiger partial charge in [-0.25, -0.2) is 9.38 Å². The summed E-state index contributed by atoms with van der Waals surface area (Å²) in [4.78, 5) is 4.34. The topological polar surface area (TPSA) is 45.4 Å². The van der Waals surface area contributed by atoms with Gasteiger partial charge in [0.05, 0.1) is 11.6 Å². The summed E-state index contributed by atoms with van der Waals surface area (Å²) in [7, 11) is 0. The van der Waals surface area contributed by atoms with Gasteiger partial charge in [-0.1, -0.05) is 32.1 Å². The van der Waals surface area contributed by atoms with E-state index in [1.165, 1.54) is 6.07 Å². The highest BCUT2D eigenvalue weighted by Crippen LogP contribution is 2.14. The third-order valence-corrected chi connectivity index (χ3v) is 2.73. The minimum absolute atomic E-state index is 0.0557. The van der Waals surface area contributed by atoms with Gasteiger partial charge in [0.15, 0.2) is 0 Å². The van der Waals surface area contributed by atoms with E-state index >= 15 is 0 Å². The third-order valence-electron chi connectivity index (χ3n) is 2.73. The second-order valence-electron chi connectivity index (χ2n) is 4.54. The molecule has 1 aromatic carbocycles. The number of ether oxygens (including phenoxy) is 1. The first kappa shape index (κ1) is 16.6. The number of rotatable bonds is 7. The van der Waals surface area contributed by atoms with Crippen molar-refractivity contribution in [1.29, 1.82) is 5.26 Å². The van der Waals surface area contributed by atoms with E-state index in [1.54, 1.807) is 24.3 Å². The Morgan fingerprint density at radius 2 is 2.29 bits per heavy atom. The smallest absolute Gasteiger partial charge is 0.213 e. The van der Waals surface area contributed by atoms with Crippen LogP contribution in [-0.2, 0) is 11.3 Å². The van der Waals surface area contributed by atoms with Crippen molar-refractivity contribution in [3.63, 3.8) is 0 Å². The maximum atomic E-state index is 13.8. The molecule has 4 heteroatoms. The van der Waals surface area contributed by atoms with Crippen LogP contribution in [0.25, 0.3) is 0 Å². The van der Waals surface area contributed by atoms with Gasteiger partial charge in [-0.3, -0.25) is 0 Å². The summed E-state index contributed by atoms with van der Waals surface area (Å²) in [5.74, 6) is -0.0547. The zero-order valence-electron chi connectivity index (χ0n) is 12.4. The van der Waals surface area contributed by atoms with Crippen LogP contribution in [0.15, 0.2) is 47.8 Å². The molecule has 0 heterocycles. The van der Waals surface area contributed by atoms with Crippen LogP contribution < -0.4 is 0 Å². The van der Waals surface area contributed by atoms with Crippen LogP contribution in [0.2, 0.25) is 0 Å². The number of aliphatic imine (C=N–C) groups is 1. The Kier molecular flexibility index (Phi) is 6.90. The van der Waals surface area contributed by atoms with Crippen molar-refractivity contribution in [1.82, 2.24) is 0 Å². The summed E-state index contributed by atoms with van der Waals surface area (Å²) >= 11 is 0. The molecule has 0 fully saturated rings.